The van der Waals surface area contributed by atoms with Gasteiger partial charge in [-0.05, 0) is 12.8 Å². The van der Waals surface area contributed by atoms with Gasteiger partial charge in [0.25, 0.3) is 0 Å². The Balaban J connectivity index is -0.000000767. The van der Waals surface area contributed by atoms with Crippen LogP contribution in [0.25, 0.3) is 0 Å². The SMILES string of the molecule is CCCCCCCCCCCCCCCCCCCC(=O)O.CCCCCCCCCCCCCCCCCCCC(=O)O.[Mn]. The second-order valence-electron chi connectivity index (χ2n) is 13.6. The van der Waals surface area contributed by atoms with Crippen LogP contribution < -0.4 is 0 Å². The fraction of sp³-hybridized carbons (Fsp3) is 0.950. The first kappa shape index (κ1) is 48.9. The monoisotopic (exact) mass is 680 g/mol. The summed E-state index contributed by atoms with van der Waals surface area (Å²) >= 11 is 0. The Hall–Kier alpha value is -0.541. The molecule has 0 bridgehead atoms. The van der Waals surface area contributed by atoms with Crippen molar-refractivity contribution in [2.24, 2.45) is 0 Å². The van der Waals surface area contributed by atoms with Crippen LogP contribution >= 0.6 is 0 Å². The molecule has 0 saturated heterocycles. The van der Waals surface area contributed by atoms with Crippen molar-refractivity contribution in [2.75, 3.05) is 0 Å². The van der Waals surface area contributed by atoms with Gasteiger partial charge in [-0.25, -0.2) is 0 Å². The third kappa shape index (κ3) is 53.2. The van der Waals surface area contributed by atoms with Crippen molar-refractivity contribution in [3.8, 4) is 0 Å². The van der Waals surface area contributed by atoms with Gasteiger partial charge in [-0.1, -0.05) is 219 Å². The molecule has 0 rings (SSSR count). The van der Waals surface area contributed by atoms with Gasteiger partial charge >= 0.3 is 11.9 Å². The van der Waals surface area contributed by atoms with Crippen LogP contribution in [0, 0.1) is 0 Å². The summed E-state index contributed by atoms with van der Waals surface area (Å²) in [6.07, 6.45) is 46.3. The van der Waals surface area contributed by atoms with Gasteiger partial charge in [-0.15, -0.1) is 0 Å². The summed E-state index contributed by atoms with van der Waals surface area (Å²) in [5.41, 5.74) is 0. The maximum atomic E-state index is 10.4. The molecule has 45 heavy (non-hydrogen) atoms. The second kappa shape index (κ2) is 45.6. The van der Waals surface area contributed by atoms with Gasteiger partial charge in [0.05, 0.1) is 0 Å². The zero-order chi connectivity index (χ0) is 32.6. The molecule has 0 aliphatic carbocycles. The smallest absolute Gasteiger partial charge is 0.303 e. The minimum atomic E-state index is -0.652. The minimum Gasteiger partial charge on any atom is -0.481 e. The van der Waals surface area contributed by atoms with E-state index in [4.69, 9.17) is 10.2 Å². The van der Waals surface area contributed by atoms with E-state index in [2.05, 4.69) is 13.8 Å². The standard InChI is InChI=1S/2C20H40O2.Mn/c2*1-2-3-4-5-6-7-8-9-10-11-12-13-14-15-16-17-18-19-20(21)22;/h2*2-19H2,1H3,(H,21,22);. The van der Waals surface area contributed by atoms with Crippen LogP contribution in [-0.2, 0) is 26.7 Å². The van der Waals surface area contributed by atoms with Gasteiger partial charge in [-0.3, -0.25) is 9.59 Å². The van der Waals surface area contributed by atoms with E-state index in [0.29, 0.717) is 12.8 Å². The van der Waals surface area contributed by atoms with Crippen molar-refractivity contribution in [3.05, 3.63) is 0 Å². The number of aliphatic carboxylic acids is 2. The van der Waals surface area contributed by atoms with Crippen molar-refractivity contribution in [2.45, 2.75) is 245 Å². The molecule has 0 spiro atoms. The molecule has 0 saturated carbocycles. The van der Waals surface area contributed by atoms with Gasteiger partial charge in [0.2, 0.25) is 0 Å². The number of rotatable bonds is 36. The Kier molecular flexibility index (Phi) is 49.5. The molecule has 0 atom stereocenters. The summed E-state index contributed by atoms with van der Waals surface area (Å²) in [6.45, 7) is 4.55. The van der Waals surface area contributed by atoms with Gasteiger partial charge in [0, 0.05) is 29.9 Å². The fourth-order valence-electron chi connectivity index (χ4n) is 6.00. The average Bonchev–Trinajstić information content (AvgIpc) is 3.00. The van der Waals surface area contributed by atoms with Gasteiger partial charge < -0.3 is 10.2 Å². The maximum absolute atomic E-state index is 10.4. The zero-order valence-electron chi connectivity index (χ0n) is 30.5. The molecule has 2 N–H and O–H groups in total. The van der Waals surface area contributed by atoms with Crippen molar-refractivity contribution >= 4 is 11.9 Å². The van der Waals surface area contributed by atoms with E-state index >= 15 is 0 Å². The number of hydrogen-bond acceptors (Lipinski definition) is 2. The summed E-state index contributed by atoms with van der Waals surface area (Å²) in [7, 11) is 0. The van der Waals surface area contributed by atoms with Gasteiger partial charge in [-0.2, -0.15) is 0 Å². The van der Waals surface area contributed by atoms with Crippen LogP contribution in [0.15, 0.2) is 0 Å². The quantitative estimate of drug-likeness (QED) is 0.0510. The summed E-state index contributed by atoms with van der Waals surface area (Å²) < 4.78 is 0. The van der Waals surface area contributed by atoms with Gasteiger partial charge in [0.1, 0.15) is 0 Å². The predicted octanol–water partition coefficient (Wildman–Crippen LogP) is 14.2. The predicted molar refractivity (Wildman–Crippen MR) is 193 cm³/mol. The topological polar surface area (TPSA) is 74.6 Å². The van der Waals surface area contributed by atoms with Crippen molar-refractivity contribution in [1.29, 1.82) is 0 Å². The van der Waals surface area contributed by atoms with E-state index in [1.165, 1.54) is 193 Å². The van der Waals surface area contributed by atoms with E-state index < -0.39 is 11.9 Å². The summed E-state index contributed by atoms with van der Waals surface area (Å²) in [4.78, 5) is 20.7. The Morgan fingerprint density at radius 1 is 0.289 bits per heavy atom. The molecular weight excluding hydrogens is 599 g/mol. The molecule has 0 heterocycles. The molecule has 1 radical (unpaired) electrons. The number of carboxylic acids is 2. The van der Waals surface area contributed by atoms with E-state index in [1.54, 1.807) is 0 Å². The van der Waals surface area contributed by atoms with Crippen LogP contribution in [-0.4, -0.2) is 22.2 Å². The van der Waals surface area contributed by atoms with E-state index in [-0.39, 0.29) is 17.1 Å². The van der Waals surface area contributed by atoms with E-state index in [9.17, 15) is 9.59 Å². The van der Waals surface area contributed by atoms with E-state index in [0.717, 1.165) is 25.7 Å². The first-order chi connectivity index (χ1) is 21.5. The third-order valence-electron chi connectivity index (χ3n) is 8.99. The molecule has 5 heteroatoms. The largest absolute Gasteiger partial charge is 0.481 e. The average molecular weight is 680 g/mol. The van der Waals surface area contributed by atoms with Gasteiger partial charge in [0.15, 0.2) is 0 Å². The summed E-state index contributed by atoms with van der Waals surface area (Å²) in [6, 6.07) is 0. The molecule has 0 aromatic heterocycles. The number of unbranched alkanes of at least 4 members (excludes halogenated alkanes) is 32. The number of hydrogen-bond donors (Lipinski definition) is 2. The number of carbonyl (C=O) groups is 2. The molecule has 0 aromatic carbocycles. The van der Waals surface area contributed by atoms with Crippen molar-refractivity contribution in [1.82, 2.24) is 0 Å². The molecule has 0 aromatic rings. The fourth-order valence-corrected chi connectivity index (χ4v) is 6.00. The second-order valence-corrected chi connectivity index (χ2v) is 13.6. The maximum Gasteiger partial charge on any atom is 0.303 e. The van der Waals surface area contributed by atoms with E-state index in [1.807, 2.05) is 0 Å². The van der Waals surface area contributed by atoms with Crippen LogP contribution in [0.1, 0.15) is 245 Å². The molecule has 0 fully saturated rings. The first-order valence-corrected chi connectivity index (χ1v) is 20.0. The summed E-state index contributed by atoms with van der Waals surface area (Å²) in [5.74, 6) is -1.30. The van der Waals surface area contributed by atoms with Crippen LogP contribution in [0.3, 0.4) is 0 Å². The molecule has 0 amide bonds. The molecule has 0 unspecified atom stereocenters. The Morgan fingerprint density at radius 3 is 0.556 bits per heavy atom. The Bertz CT molecular complexity index is 506. The molecule has 0 aliphatic heterocycles. The van der Waals surface area contributed by atoms with Crippen LogP contribution in [0.4, 0.5) is 0 Å². The summed E-state index contributed by atoms with van der Waals surface area (Å²) in [5, 5.41) is 17.1. The van der Waals surface area contributed by atoms with Crippen molar-refractivity contribution < 1.29 is 36.9 Å². The number of carboxylic acid groups (broad SMARTS) is 2. The molecular formula is C40H80MnO4. The molecule has 0 aliphatic rings. The Morgan fingerprint density at radius 2 is 0.422 bits per heavy atom. The Labute approximate surface area is 292 Å². The third-order valence-corrected chi connectivity index (χ3v) is 8.99. The first-order valence-electron chi connectivity index (χ1n) is 20.0. The van der Waals surface area contributed by atoms with Crippen LogP contribution in [0.5, 0.6) is 0 Å². The molecule has 4 nitrogen and oxygen atoms in total. The normalized spacial score (nSPS) is 10.7. The molecule has 271 valence electrons. The van der Waals surface area contributed by atoms with Crippen molar-refractivity contribution in [3.63, 3.8) is 0 Å². The van der Waals surface area contributed by atoms with Crippen LogP contribution in [0.2, 0.25) is 0 Å². The minimum absolute atomic E-state index is 0. The zero-order valence-corrected chi connectivity index (χ0v) is 31.7.